The Balaban J connectivity index is 1.64. The van der Waals surface area contributed by atoms with Crippen molar-refractivity contribution < 1.29 is 24.2 Å². The molecule has 1 aromatic carbocycles. The minimum absolute atomic E-state index is 0.0669. The van der Waals surface area contributed by atoms with Crippen molar-refractivity contribution in [2.45, 2.75) is 57.0 Å². The average Bonchev–Trinajstić information content (AvgIpc) is 3.24. The van der Waals surface area contributed by atoms with Crippen molar-refractivity contribution in [1.82, 2.24) is 10.2 Å². The minimum atomic E-state index is -0.469. The van der Waals surface area contributed by atoms with Gasteiger partial charge in [0.05, 0.1) is 24.6 Å². The van der Waals surface area contributed by atoms with Crippen molar-refractivity contribution in [2.75, 3.05) is 19.8 Å². The summed E-state index contributed by atoms with van der Waals surface area (Å²) in [7, 11) is 0. The van der Waals surface area contributed by atoms with Crippen LogP contribution in [-0.4, -0.2) is 59.6 Å². The number of cyclic esters (lactones) is 1. The number of nitrogens with one attached hydrogen (secondary N) is 1. The SMILES string of the molecule is O=C(C[C@@H]1C/C=C/CCC(=O)OC[C@@H]2CCCN2C1=O)N[C@H](CO)Cc1ccccc1. The highest BCUT2D eigenvalue weighted by Gasteiger charge is 2.34. The lowest BCUT2D eigenvalue weighted by molar-refractivity contribution is -0.148. The molecule has 2 heterocycles. The Morgan fingerprint density at radius 2 is 2.03 bits per heavy atom. The molecule has 2 aliphatic rings. The van der Waals surface area contributed by atoms with Crippen molar-refractivity contribution in [3.8, 4) is 0 Å². The zero-order chi connectivity index (χ0) is 22.1. The number of carbonyl (C=O) groups excluding carboxylic acids is 3. The molecular weight excluding hydrogens is 396 g/mol. The Bertz CT molecular complexity index is 779. The van der Waals surface area contributed by atoms with E-state index in [1.54, 1.807) is 4.90 Å². The van der Waals surface area contributed by atoms with E-state index < -0.39 is 12.0 Å². The molecule has 7 heteroatoms. The van der Waals surface area contributed by atoms with E-state index in [4.69, 9.17) is 4.74 Å². The Labute approximate surface area is 183 Å². The van der Waals surface area contributed by atoms with E-state index in [2.05, 4.69) is 5.32 Å². The number of ether oxygens (including phenoxy) is 1. The first-order valence-corrected chi connectivity index (χ1v) is 11.1. The molecule has 7 nitrogen and oxygen atoms in total. The molecule has 0 spiro atoms. The van der Waals surface area contributed by atoms with Crippen LogP contribution in [0.4, 0.5) is 0 Å². The molecule has 0 bridgehead atoms. The summed E-state index contributed by atoms with van der Waals surface area (Å²) in [6, 6.07) is 9.16. The predicted octanol–water partition coefficient (Wildman–Crippen LogP) is 1.99. The number of hydrogen-bond acceptors (Lipinski definition) is 5. The second-order valence-electron chi connectivity index (χ2n) is 8.29. The van der Waals surface area contributed by atoms with Gasteiger partial charge >= 0.3 is 5.97 Å². The Morgan fingerprint density at radius 1 is 1.23 bits per heavy atom. The largest absolute Gasteiger partial charge is 0.463 e. The van der Waals surface area contributed by atoms with Crippen LogP contribution in [0.1, 0.15) is 44.1 Å². The monoisotopic (exact) mass is 428 g/mol. The van der Waals surface area contributed by atoms with E-state index in [1.165, 1.54) is 0 Å². The van der Waals surface area contributed by atoms with Crippen molar-refractivity contribution in [3.05, 3.63) is 48.0 Å². The lowest BCUT2D eigenvalue weighted by Gasteiger charge is -2.29. The second-order valence-corrected chi connectivity index (χ2v) is 8.29. The fourth-order valence-electron chi connectivity index (χ4n) is 4.22. The van der Waals surface area contributed by atoms with Gasteiger partial charge in [0.2, 0.25) is 11.8 Å². The van der Waals surface area contributed by atoms with Crippen LogP contribution in [0.2, 0.25) is 0 Å². The van der Waals surface area contributed by atoms with Gasteiger partial charge in [0.1, 0.15) is 6.61 Å². The van der Waals surface area contributed by atoms with Crippen LogP contribution in [0.3, 0.4) is 0 Å². The van der Waals surface area contributed by atoms with Gasteiger partial charge in [-0.25, -0.2) is 0 Å². The molecule has 0 saturated carbocycles. The first-order chi connectivity index (χ1) is 15.1. The molecule has 2 aliphatic heterocycles. The molecule has 1 saturated heterocycles. The highest BCUT2D eigenvalue weighted by molar-refractivity contribution is 5.86. The smallest absolute Gasteiger partial charge is 0.306 e. The van der Waals surface area contributed by atoms with E-state index in [0.717, 1.165) is 18.4 Å². The molecular formula is C24H32N2O5. The average molecular weight is 429 g/mol. The lowest BCUT2D eigenvalue weighted by Crippen LogP contribution is -2.45. The van der Waals surface area contributed by atoms with Gasteiger partial charge in [-0.3, -0.25) is 14.4 Å². The number of benzene rings is 1. The summed E-state index contributed by atoms with van der Waals surface area (Å²) in [6.45, 7) is 0.672. The van der Waals surface area contributed by atoms with Crippen LogP contribution in [-0.2, 0) is 25.5 Å². The summed E-state index contributed by atoms with van der Waals surface area (Å²) in [5, 5.41) is 12.6. The maximum atomic E-state index is 13.2. The third-order valence-corrected chi connectivity index (χ3v) is 5.89. The van der Waals surface area contributed by atoms with Crippen molar-refractivity contribution in [2.24, 2.45) is 5.92 Å². The zero-order valence-electron chi connectivity index (χ0n) is 17.9. The number of nitrogens with zero attached hydrogens (tertiary/aromatic N) is 1. The van der Waals surface area contributed by atoms with Gasteiger partial charge in [0.25, 0.3) is 0 Å². The number of fused-ring (bicyclic) bond motifs is 1. The number of hydrogen-bond donors (Lipinski definition) is 2. The van der Waals surface area contributed by atoms with Gasteiger partial charge in [-0.1, -0.05) is 42.5 Å². The predicted molar refractivity (Wildman–Crippen MR) is 116 cm³/mol. The molecule has 31 heavy (non-hydrogen) atoms. The molecule has 168 valence electrons. The molecule has 3 rings (SSSR count). The summed E-state index contributed by atoms with van der Waals surface area (Å²) in [5.41, 5.74) is 1.03. The van der Waals surface area contributed by atoms with Crippen LogP contribution in [0.5, 0.6) is 0 Å². The molecule has 0 radical (unpaired) electrons. The Kier molecular flexibility index (Phi) is 8.64. The van der Waals surface area contributed by atoms with Gasteiger partial charge in [0, 0.05) is 19.4 Å². The molecule has 0 aliphatic carbocycles. The second kappa shape index (κ2) is 11.6. The molecule has 1 aromatic rings. The number of aliphatic hydroxyl groups excluding tert-OH is 1. The first kappa shape index (κ1) is 23.0. The molecule has 0 aromatic heterocycles. The van der Waals surface area contributed by atoms with E-state index in [-0.39, 0.29) is 43.5 Å². The number of rotatable bonds is 6. The summed E-state index contributed by atoms with van der Waals surface area (Å²) < 4.78 is 5.34. The molecule has 1 fully saturated rings. The normalized spacial score (nSPS) is 24.4. The molecule has 2 N–H and O–H groups in total. The van der Waals surface area contributed by atoms with Gasteiger partial charge in [-0.15, -0.1) is 0 Å². The van der Waals surface area contributed by atoms with Gasteiger partial charge in [0.15, 0.2) is 0 Å². The third kappa shape index (κ3) is 6.92. The molecule has 2 amide bonds. The maximum Gasteiger partial charge on any atom is 0.306 e. The van der Waals surface area contributed by atoms with Crippen molar-refractivity contribution >= 4 is 17.8 Å². The summed E-state index contributed by atoms with van der Waals surface area (Å²) in [4.78, 5) is 39.5. The quantitative estimate of drug-likeness (QED) is 0.534. The van der Waals surface area contributed by atoms with Crippen LogP contribution in [0, 0.1) is 5.92 Å². The third-order valence-electron chi connectivity index (χ3n) is 5.89. The lowest BCUT2D eigenvalue weighted by atomic mass is 9.97. The fourth-order valence-corrected chi connectivity index (χ4v) is 4.22. The number of allylic oxidation sites excluding steroid dienone is 2. The van der Waals surface area contributed by atoms with E-state index in [9.17, 15) is 19.5 Å². The summed E-state index contributed by atoms with van der Waals surface area (Å²) >= 11 is 0. The zero-order valence-corrected chi connectivity index (χ0v) is 17.9. The van der Waals surface area contributed by atoms with Gasteiger partial charge in [-0.05, 0) is 37.7 Å². The van der Waals surface area contributed by atoms with E-state index >= 15 is 0 Å². The maximum absolute atomic E-state index is 13.2. The highest BCUT2D eigenvalue weighted by Crippen LogP contribution is 2.24. The van der Waals surface area contributed by atoms with Crippen LogP contribution < -0.4 is 5.32 Å². The van der Waals surface area contributed by atoms with Crippen LogP contribution in [0.15, 0.2) is 42.5 Å². The number of carbonyl (C=O) groups is 3. The van der Waals surface area contributed by atoms with Crippen LogP contribution in [0.25, 0.3) is 0 Å². The Morgan fingerprint density at radius 3 is 2.81 bits per heavy atom. The summed E-state index contributed by atoms with van der Waals surface area (Å²) in [6.07, 6.45) is 7.34. The standard InChI is InChI=1S/C24H32N2O5/c27-16-20(14-18-8-3-1-4-9-18)25-22(28)15-19-10-5-2-6-12-23(29)31-17-21-11-7-13-26(21)24(19)30/h1-5,8-9,19-21,27H,6-7,10-17H2,(H,25,28)/b5-2+/t19-,20-,21-/m0/s1. The summed E-state index contributed by atoms with van der Waals surface area (Å²) in [5.74, 6) is -1.02. The first-order valence-electron chi connectivity index (χ1n) is 11.1. The fraction of sp³-hybridized carbons (Fsp3) is 0.542. The van der Waals surface area contributed by atoms with Gasteiger partial charge < -0.3 is 20.1 Å². The van der Waals surface area contributed by atoms with E-state index in [0.29, 0.717) is 32.2 Å². The van der Waals surface area contributed by atoms with Crippen molar-refractivity contribution in [1.29, 1.82) is 0 Å². The molecule has 3 atom stereocenters. The minimum Gasteiger partial charge on any atom is -0.463 e. The highest BCUT2D eigenvalue weighted by atomic mass is 16.5. The number of amides is 2. The molecule has 0 unspecified atom stereocenters. The topological polar surface area (TPSA) is 95.9 Å². The van der Waals surface area contributed by atoms with E-state index in [1.807, 2.05) is 42.5 Å². The number of esters is 1. The van der Waals surface area contributed by atoms with Gasteiger partial charge in [-0.2, -0.15) is 0 Å². The van der Waals surface area contributed by atoms with Crippen molar-refractivity contribution in [3.63, 3.8) is 0 Å². The number of aliphatic hydroxyl groups is 1. The Hall–Kier alpha value is -2.67. The van der Waals surface area contributed by atoms with Crippen LogP contribution >= 0.6 is 0 Å².